The van der Waals surface area contributed by atoms with Crippen molar-refractivity contribution in [1.29, 1.82) is 0 Å². The Bertz CT molecular complexity index is 954. The molecule has 0 aliphatic rings. The van der Waals surface area contributed by atoms with Gasteiger partial charge < -0.3 is 8.99 Å². The summed E-state index contributed by atoms with van der Waals surface area (Å²) < 4.78 is 20.1. The number of aryl methyl sites for hydroxylation is 6. The van der Waals surface area contributed by atoms with Gasteiger partial charge in [0.15, 0.2) is 9.04 Å². The van der Waals surface area contributed by atoms with Crippen molar-refractivity contribution in [1.82, 2.24) is 0 Å². The van der Waals surface area contributed by atoms with Gasteiger partial charge in [0, 0.05) is 23.9 Å². The molecule has 1 unspecified atom stereocenters. The first-order valence-corrected chi connectivity index (χ1v) is 15.7. The lowest BCUT2D eigenvalue weighted by molar-refractivity contribution is 0.103. The molecule has 1 atom stereocenters. The summed E-state index contributed by atoms with van der Waals surface area (Å²) in [5, 5.41) is 0. The van der Waals surface area contributed by atoms with Crippen LogP contribution in [0.1, 0.15) is 67.4 Å². The number of hydrogen-bond donors (Lipinski definition) is 0. The summed E-state index contributed by atoms with van der Waals surface area (Å²) in [5.74, 6) is 0. The molecule has 4 nitrogen and oxygen atoms in total. The number of carbonyl (C=O) groups is 2. The van der Waals surface area contributed by atoms with Crippen molar-refractivity contribution >= 4 is 27.2 Å². The largest absolute Gasteiger partial charge is 0.421 e. The van der Waals surface area contributed by atoms with Crippen LogP contribution in [0.15, 0.2) is 24.3 Å². The number of hydrogen-bond acceptors (Lipinski definition) is 4. The highest BCUT2D eigenvalue weighted by atomic mass is 31.2. The number of rotatable bonds is 10. The topological polar surface area (TPSA) is 60.4 Å². The second-order valence-corrected chi connectivity index (χ2v) is 14.3. The maximum absolute atomic E-state index is 14.4. The molecule has 2 rings (SSSR count). The maximum Gasteiger partial charge on any atom is 0.229 e. The summed E-state index contributed by atoms with van der Waals surface area (Å²) in [7, 11) is -5.27. The van der Waals surface area contributed by atoms with Crippen molar-refractivity contribution < 1.29 is 18.6 Å². The summed E-state index contributed by atoms with van der Waals surface area (Å²) in [6, 6.07) is 8.46. The highest BCUT2D eigenvalue weighted by Crippen LogP contribution is 2.54. The summed E-state index contributed by atoms with van der Waals surface area (Å²) in [4.78, 5) is 27.6. The first-order valence-electron chi connectivity index (χ1n) is 11.4. The summed E-state index contributed by atoms with van der Waals surface area (Å²) in [5.41, 5.74) is 5.05. The van der Waals surface area contributed by atoms with Crippen LogP contribution in [-0.2, 0) is 8.99 Å². The van der Waals surface area contributed by atoms with Crippen LogP contribution in [0.25, 0.3) is 0 Å². The van der Waals surface area contributed by atoms with E-state index >= 15 is 0 Å². The standard InChI is InChI=1S/C26H37O4PSi/c1-9-30-32(8)12-10-11-31(29,25(27)23-19(4)13-17(2)14-20(23)5)26(28)24-21(6)15-18(3)16-22(24)7/h13-16,32H,9-12H2,1-8H3. The van der Waals surface area contributed by atoms with Crippen LogP contribution < -0.4 is 0 Å². The lowest BCUT2D eigenvalue weighted by atomic mass is 10.0. The zero-order valence-corrected chi connectivity index (χ0v) is 22.8. The average molecular weight is 473 g/mol. The molecular formula is C26H37O4PSi. The van der Waals surface area contributed by atoms with Gasteiger partial charge in [0.1, 0.15) is 0 Å². The zero-order valence-electron chi connectivity index (χ0n) is 20.8. The van der Waals surface area contributed by atoms with E-state index in [1.807, 2.05) is 72.7 Å². The van der Waals surface area contributed by atoms with Crippen LogP contribution in [0.5, 0.6) is 0 Å². The summed E-state index contributed by atoms with van der Waals surface area (Å²) >= 11 is 0. The van der Waals surface area contributed by atoms with Crippen molar-refractivity contribution in [3.05, 3.63) is 68.8 Å². The number of carbonyl (C=O) groups excluding carboxylic acids is 2. The molecule has 0 bridgehead atoms. The molecule has 0 aliphatic heterocycles. The molecule has 2 aromatic carbocycles. The van der Waals surface area contributed by atoms with E-state index in [0.717, 1.165) is 39.4 Å². The normalized spacial score (nSPS) is 12.6. The van der Waals surface area contributed by atoms with Gasteiger partial charge in [-0.25, -0.2) is 0 Å². The monoisotopic (exact) mass is 472 g/mol. The quantitative estimate of drug-likeness (QED) is 0.286. The molecule has 2 aromatic rings. The van der Waals surface area contributed by atoms with Gasteiger partial charge in [0.05, 0.1) is 0 Å². The molecule has 0 saturated heterocycles. The van der Waals surface area contributed by atoms with Gasteiger partial charge in [-0.3, -0.25) is 9.59 Å². The fourth-order valence-electron chi connectivity index (χ4n) is 4.66. The second kappa shape index (κ2) is 10.9. The van der Waals surface area contributed by atoms with Crippen molar-refractivity contribution in [2.75, 3.05) is 12.8 Å². The van der Waals surface area contributed by atoms with Gasteiger partial charge in [0.2, 0.25) is 18.2 Å². The van der Waals surface area contributed by atoms with Crippen LogP contribution in [-0.4, -0.2) is 32.9 Å². The molecule has 174 valence electrons. The minimum atomic E-state index is -3.87. The van der Waals surface area contributed by atoms with Gasteiger partial charge in [-0.05, 0) is 89.7 Å². The van der Waals surface area contributed by atoms with Gasteiger partial charge in [-0.2, -0.15) is 0 Å². The van der Waals surface area contributed by atoms with E-state index in [-0.39, 0.29) is 6.16 Å². The Morgan fingerprint density at radius 2 is 1.19 bits per heavy atom. The third kappa shape index (κ3) is 5.75. The van der Waals surface area contributed by atoms with Crippen molar-refractivity contribution in [2.24, 2.45) is 0 Å². The van der Waals surface area contributed by atoms with Crippen LogP contribution in [0.4, 0.5) is 0 Å². The summed E-state index contributed by atoms with van der Waals surface area (Å²) in [6.07, 6.45) is 0.644. The first-order chi connectivity index (χ1) is 14.9. The fourth-order valence-corrected chi connectivity index (χ4v) is 9.17. The van der Waals surface area contributed by atoms with Crippen molar-refractivity contribution in [2.45, 2.75) is 67.5 Å². The molecule has 0 amide bonds. The van der Waals surface area contributed by atoms with Crippen LogP contribution in [0.2, 0.25) is 12.6 Å². The van der Waals surface area contributed by atoms with E-state index in [1.165, 1.54) is 0 Å². The predicted octanol–water partition coefficient (Wildman–Crippen LogP) is 6.66. The van der Waals surface area contributed by atoms with Gasteiger partial charge >= 0.3 is 0 Å². The molecule has 0 fully saturated rings. The lowest BCUT2D eigenvalue weighted by Gasteiger charge is -2.21. The Kier molecular flexibility index (Phi) is 8.98. The molecule has 0 aliphatic carbocycles. The Morgan fingerprint density at radius 1 is 0.812 bits per heavy atom. The molecule has 32 heavy (non-hydrogen) atoms. The first kappa shape index (κ1) is 26.4. The summed E-state index contributed by atoms with van der Waals surface area (Å²) in [6.45, 7) is 16.1. The second-order valence-electron chi connectivity index (χ2n) is 9.03. The maximum atomic E-state index is 14.4. The van der Waals surface area contributed by atoms with Crippen LogP contribution >= 0.6 is 7.14 Å². The molecule has 0 spiro atoms. The highest BCUT2D eigenvalue weighted by molar-refractivity contribution is 7.95. The minimum Gasteiger partial charge on any atom is -0.421 e. The van der Waals surface area contributed by atoms with Gasteiger partial charge in [-0.15, -0.1) is 0 Å². The highest BCUT2D eigenvalue weighted by Gasteiger charge is 2.42. The minimum absolute atomic E-state index is 0.0919. The average Bonchev–Trinajstić information content (AvgIpc) is 2.66. The van der Waals surface area contributed by atoms with Crippen LogP contribution in [0.3, 0.4) is 0 Å². The van der Waals surface area contributed by atoms with Gasteiger partial charge in [0.25, 0.3) is 0 Å². The zero-order chi connectivity index (χ0) is 24.2. The fraction of sp³-hybridized carbons (Fsp3) is 0.462. The third-order valence-corrected chi connectivity index (χ3v) is 10.8. The SMILES string of the molecule is CCO[SiH](C)CCCP(=O)(C(=O)c1c(C)cc(C)cc1C)C(=O)c1c(C)cc(C)cc1C. The number of benzene rings is 2. The van der Waals surface area contributed by atoms with Crippen LogP contribution in [0, 0.1) is 41.5 Å². The molecule has 0 saturated carbocycles. The van der Waals surface area contributed by atoms with E-state index in [2.05, 4.69) is 6.55 Å². The predicted molar refractivity (Wildman–Crippen MR) is 137 cm³/mol. The van der Waals surface area contributed by atoms with E-state index in [1.54, 1.807) is 0 Å². The van der Waals surface area contributed by atoms with E-state index < -0.39 is 27.2 Å². The smallest absolute Gasteiger partial charge is 0.229 e. The van der Waals surface area contributed by atoms with E-state index in [0.29, 0.717) is 24.2 Å². The van der Waals surface area contributed by atoms with Crippen molar-refractivity contribution in [3.63, 3.8) is 0 Å². The molecule has 0 N–H and O–H groups in total. The Labute approximate surface area is 194 Å². The Balaban J connectivity index is 2.57. The molecule has 0 radical (unpaired) electrons. The lowest BCUT2D eigenvalue weighted by Crippen LogP contribution is -2.19. The molecule has 0 heterocycles. The van der Waals surface area contributed by atoms with E-state index in [9.17, 15) is 14.2 Å². The van der Waals surface area contributed by atoms with Gasteiger partial charge in [-0.1, -0.05) is 35.4 Å². The van der Waals surface area contributed by atoms with Crippen molar-refractivity contribution in [3.8, 4) is 0 Å². The Hall–Kier alpha value is -1.81. The molecule has 6 heteroatoms. The van der Waals surface area contributed by atoms with E-state index in [4.69, 9.17) is 4.43 Å². The molecular weight excluding hydrogens is 435 g/mol. The molecule has 0 aromatic heterocycles. The Morgan fingerprint density at radius 3 is 1.53 bits per heavy atom. The third-order valence-electron chi connectivity index (χ3n) is 5.97.